The molecule has 2 aliphatic rings. The van der Waals surface area contributed by atoms with Crippen molar-refractivity contribution in [3.63, 3.8) is 0 Å². The van der Waals surface area contributed by atoms with Gasteiger partial charge in [-0.3, -0.25) is 0 Å². The third-order valence-corrected chi connectivity index (χ3v) is 5.02. The van der Waals surface area contributed by atoms with E-state index in [0.29, 0.717) is 6.04 Å². The maximum atomic E-state index is 5.60. The molecule has 18 heavy (non-hydrogen) atoms. The van der Waals surface area contributed by atoms with E-state index >= 15 is 0 Å². The highest BCUT2D eigenvalue weighted by Crippen LogP contribution is 2.21. The SMILES string of the molecule is CCC1CCCN(C(=S)NC2CCCCC2)CC1. The third kappa shape index (κ3) is 4.11. The first-order valence-electron chi connectivity index (χ1n) is 7.85. The van der Waals surface area contributed by atoms with Crippen LogP contribution < -0.4 is 5.32 Å². The summed E-state index contributed by atoms with van der Waals surface area (Å²) in [5, 5.41) is 4.63. The third-order valence-electron chi connectivity index (χ3n) is 4.65. The number of hydrogen-bond donors (Lipinski definition) is 1. The number of nitrogens with one attached hydrogen (secondary N) is 1. The Morgan fingerprint density at radius 2 is 1.83 bits per heavy atom. The van der Waals surface area contributed by atoms with Crippen molar-refractivity contribution in [3.8, 4) is 0 Å². The van der Waals surface area contributed by atoms with Gasteiger partial charge in [0.2, 0.25) is 0 Å². The molecule has 1 aliphatic carbocycles. The lowest BCUT2D eigenvalue weighted by Gasteiger charge is -2.30. The van der Waals surface area contributed by atoms with Crippen LogP contribution in [0.3, 0.4) is 0 Å². The van der Waals surface area contributed by atoms with Gasteiger partial charge in [0.25, 0.3) is 0 Å². The van der Waals surface area contributed by atoms with Gasteiger partial charge in [0.1, 0.15) is 0 Å². The first kappa shape index (κ1) is 14.1. The average Bonchev–Trinajstić information content (AvgIpc) is 2.65. The maximum Gasteiger partial charge on any atom is 0.169 e. The first-order valence-corrected chi connectivity index (χ1v) is 8.26. The summed E-state index contributed by atoms with van der Waals surface area (Å²) >= 11 is 5.60. The van der Waals surface area contributed by atoms with Gasteiger partial charge >= 0.3 is 0 Å². The number of hydrogen-bond acceptors (Lipinski definition) is 1. The topological polar surface area (TPSA) is 15.3 Å². The Morgan fingerprint density at radius 1 is 1.06 bits per heavy atom. The highest BCUT2D eigenvalue weighted by molar-refractivity contribution is 7.80. The minimum absolute atomic E-state index is 0.650. The summed E-state index contributed by atoms with van der Waals surface area (Å²) in [5.74, 6) is 0.924. The fourth-order valence-corrected chi connectivity index (χ4v) is 3.64. The Balaban J connectivity index is 1.77. The van der Waals surface area contributed by atoms with Gasteiger partial charge < -0.3 is 10.2 Å². The van der Waals surface area contributed by atoms with Crippen LogP contribution in [0.1, 0.15) is 64.7 Å². The zero-order valence-corrected chi connectivity index (χ0v) is 12.6. The second-order valence-corrected chi connectivity index (χ2v) is 6.36. The van der Waals surface area contributed by atoms with Gasteiger partial charge in [-0.2, -0.15) is 0 Å². The quantitative estimate of drug-likeness (QED) is 0.769. The Kier molecular flexibility index (Phi) is 5.74. The first-order chi connectivity index (χ1) is 8.79. The van der Waals surface area contributed by atoms with E-state index < -0.39 is 0 Å². The predicted octanol–water partition coefficient (Wildman–Crippen LogP) is 3.71. The van der Waals surface area contributed by atoms with E-state index in [2.05, 4.69) is 17.1 Å². The Labute approximate surface area is 118 Å². The van der Waals surface area contributed by atoms with Crippen molar-refractivity contribution < 1.29 is 0 Å². The maximum absolute atomic E-state index is 5.60. The van der Waals surface area contributed by atoms with Crippen LogP contribution in [0.5, 0.6) is 0 Å². The zero-order chi connectivity index (χ0) is 12.8. The summed E-state index contributed by atoms with van der Waals surface area (Å²) in [6.45, 7) is 4.64. The lowest BCUT2D eigenvalue weighted by molar-refractivity contribution is 0.372. The molecule has 1 aliphatic heterocycles. The van der Waals surface area contributed by atoms with Crippen molar-refractivity contribution in [1.82, 2.24) is 10.2 Å². The molecule has 1 heterocycles. The molecule has 0 aromatic carbocycles. The summed E-state index contributed by atoms with van der Waals surface area (Å²) in [4.78, 5) is 2.42. The van der Waals surface area contributed by atoms with E-state index in [0.717, 1.165) is 24.1 Å². The highest BCUT2D eigenvalue weighted by Gasteiger charge is 2.20. The molecule has 104 valence electrons. The van der Waals surface area contributed by atoms with Crippen molar-refractivity contribution in [2.45, 2.75) is 70.8 Å². The molecule has 1 atom stereocenters. The van der Waals surface area contributed by atoms with E-state index in [9.17, 15) is 0 Å². The molecule has 2 nitrogen and oxygen atoms in total. The molecule has 0 amide bonds. The molecule has 0 spiro atoms. The van der Waals surface area contributed by atoms with Crippen molar-refractivity contribution in [2.24, 2.45) is 5.92 Å². The molecule has 2 rings (SSSR count). The second-order valence-electron chi connectivity index (χ2n) is 5.98. The van der Waals surface area contributed by atoms with Crippen molar-refractivity contribution in [2.75, 3.05) is 13.1 Å². The van der Waals surface area contributed by atoms with Crippen LogP contribution in [0, 0.1) is 5.92 Å². The predicted molar refractivity (Wildman–Crippen MR) is 81.8 cm³/mol. The fourth-order valence-electron chi connectivity index (χ4n) is 3.29. The van der Waals surface area contributed by atoms with Crippen LogP contribution in [0.4, 0.5) is 0 Å². The molecular weight excluding hydrogens is 240 g/mol. The number of nitrogens with zero attached hydrogens (tertiary/aromatic N) is 1. The molecule has 1 unspecified atom stereocenters. The summed E-state index contributed by atoms with van der Waals surface area (Å²) in [6.07, 6.45) is 12.1. The van der Waals surface area contributed by atoms with Crippen LogP contribution in [0.25, 0.3) is 0 Å². The zero-order valence-electron chi connectivity index (χ0n) is 11.8. The van der Waals surface area contributed by atoms with Gasteiger partial charge in [0.15, 0.2) is 5.11 Å². The number of rotatable bonds is 2. The molecular formula is C15H28N2S. The summed E-state index contributed by atoms with van der Waals surface area (Å²) in [6, 6.07) is 0.650. The molecule has 2 fully saturated rings. The van der Waals surface area contributed by atoms with Crippen molar-refractivity contribution in [3.05, 3.63) is 0 Å². The molecule has 1 saturated carbocycles. The van der Waals surface area contributed by atoms with E-state index in [4.69, 9.17) is 12.2 Å². The molecule has 0 aromatic heterocycles. The van der Waals surface area contributed by atoms with Crippen LogP contribution in [-0.4, -0.2) is 29.1 Å². The summed E-state index contributed by atoms with van der Waals surface area (Å²) < 4.78 is 0. The fraction of sp³-hybridized carbons (Fsp3) is 0.933. The molecule has 0 aromatic rings. The van der Waals surface area contributed by atoms with Crippen LogP contribution in [0.15, 0.2) is 0 Å². The highest BCUT2D eigenvalue weighted by atomic mass is 32.1. The Hall–Kier alpha value is -0.310. The summed E-state index contributed by atoms with van der Waals surface area (Å²) in [7, 11) is 0. The number of thiocarbonyl (C=S) groups is 1. The minimum Gasteiger partial charge on any atom is -0.360 e. The lowest BCUT2D eigenvalue weighted by atomic mass is 9.96. The smallest absolute Gasteiger partial charge is 0.169 e. The van der Waals surface area contributed by atoms with Gasteiger partial charge in [-0.1, -0.05) is 32.6 Å². The van der Waals surface area contributed by atoms with Gasteiger partial charge in [-0.05, 0) is 50.2 Å². The van der Waals surface area contributed by atoms with Gasteiger partial charge in [-0.15, -0.1) is 0 Å². The van der Waals surface area contributed by atoms with E-state index in [1.807, 2.05) is 0 Å². The largest absolute Gasteiger partial charge is 0.360 e. The molecule has 0 radical (unpaired) electrons. The molecule has 0 bridgehead atoms. The van der Waals surface area contributed by atoms with Crippen molar-refractivity contribution >= 4 is 17.3 Å². The minimum atomic E-state index is 0.650. The van der Waals surface area contributed by atoms with E-state index in [1.54, 1.807) is 0 Å². The van der Waals surface area contributed by atoms with Gasteiger partial charge in [0.05, 0.1) is 0 Å². The molecule has 1 saturated heterocycles. The van der Waals surface area contributed by atoms with Gasteiger partial charge in [0, 0.05) is 19.1 Å². The second kappa shape index (κ2) is 7.32. The number of likely N-dealkylation sites (tertiary alicyclic amines) is 1. The normalized spacial score (nSPS) is 26.7. The average molecular weight is 268 g/mol. The lowest BCUT2D eigenvalue weighted by Crippen LogP contribution is -2.45. The van der Waals surface area contributed by atoms with Crippen LogP contribution >= 0.6 is 12.2 Å². The Morgan fingerprint density at radius 3 is 2.56 bits per heavy atom. The molecule has 1 N–H and O–H groups in total. The molecule has 3 heteroatoms. The van der Waals surface area contributed by atoms with Crippen LogP contribution in [0.2, 0.25) is 0 Å². The van der Waals surface area contributed by atoms with E-state index in [1.165, 1.54) is 57.8 Å². The Bertz CT molecular complexity index is 261. The van der Waals surface area contributed by atoms with Crippen LogP contribution in [-0.2, 0) is 0 Å². The standard InChI is InChI=1S/C15H28N2S/c1-2-13-7-6-11-17(12-10-13)15(18)16-14-8-4-3-5-9-14/h13-14H,2-12H2,1H3,(H,16,18). The van der Waals surface area contributed by atoms with E-state index in [-0.39, 0.29) is 0 Å². The summed E-state index contributed by atoms with van der Waals surface area (Å²) in [5.41, 5.74) is 0. The van der Waals surface area contributed by atoms with Crippen molar-refractivity contribution in [1.29, 1.82) is 0 Å². The monoisotopic (exact) mass is 268 g/mol. The van der Waals surface area contributed by atoms with Gasteiger partial charge in [-0.25, -0.2) is 0 Å².